The number of aryl methyl sites for hydroxylation is 1. The third-order valence-electron chi connectivity index (χ3n) is 2.75. The molecule has 0 spiro atoms. The summed E-state index contributed by atoms with van der Waals surface area (Å²) in [5, 5.41) is 5.28. The maximum atomic E-state index is 4.55. The van der Waals surface area contributed by atoms with Gasteiger partial charge in [-0.3, -0.25) is 0 Å². The Hall–Kier alpha value is -1.72. The summed E-state index contributed by atoms with van der Waals surface area (Å²) >= 11 is 5.12. The van der Waals surface area contributed by atoms with E-state index in [-0.39, 0.29) is 0 Å². The van der Waals surface area contributed by atoms with Gasteiger partial charge in [0.25, 0.3) is 0 Å². The van der Waals surface area contributed by atoms with Gasteiger partial charge in [-0.25, -0.2) is 9.97 Å². The molecule has 0 saturated heterocycles. The first-order valence-corrected chi connectivity index (χ1v) is 7.79. The first-order chi connectivity index (χ1) is 9.70. The highest BCUT2D eigenvalue weighted by Crippen LogP contribution is 2.29. The second kappa shape index (κ2) is 5.73. The molecule has 2 aromatic heterocycles. The summed E-state index contributed by atoms with van der Waals surface area (Å²) in [6.07, 6.45) is 1.77. The molecule has 0 atom stereocenters. The van der Waals surface area contributed by atoms with Crippen molar-refractivity contribution in [1.29, 1.82) is 0 Å². The van der Waals surface area contributed by atoms with Crippen LogP contribution in [0.4, 0.5) is 11.6 Å². The van der Waals surface area contributed by atoms with Crippen LogP contribution in [0.3, 0.4) is 0 Å². The zero-order valence-electron chi connectivity index (χ0n) is 10.8. The van der Waals surface area contributed by atoms with E-state index >= 15 is 0 Å². The number of aromatic nitrogens is 2. The molecule has 1 aromatic carbocycles. The molecule has 1 N–H and O–H groups in total. The SMILES string of the molecule is Cc1cccc(Nc2nccc(-c3cc(Br)cs3)n2)c1. The average molecular weight is 346 g/mol. The number of benzene rings is 1. The van der Waals surface area contributed by atoms with Gasteiger partial charge in [0.1, 0.15) is 0 Å². The molecule has 20 heavy (non-hydrogen) atoms. The monoisotopic (exact) mass is 345 g/mol. The van der Waals surface area contributed by atoms with Crippen molar-refractivity contribution in [1.82, 2.24) is 9.97 Å². The van der Waals surface area contributed by atoms with Crippen molar-refractivity contribution < 1.29 is 0 Å². The summed E-state index contributed by atoms with van der Waals surface area (Å²) in [7, 11) is 0. The molecule has 0 aliphatic rings. The Bertz CT molecular complexity index is 739. The lowest BCUT2D eigenvalue weighted by Gasteiger charge is -2.06. The summed E-state index contributed by atoms with van der Waals surface area (Å²) in [6, 6.07) is 12.1. The van der Waals surface area contributed by atoms with E-state index in [0.29, 0.717) is 5.95 Å². The molecule has 0 aliphatic heterocycles. The maximum Gasteiger partial charge on any atom is 0.227 e. The molecule has 0 radical (unpaired) electrons. The third kappa shape index (κ3) is 3.05. The molecule has 5 heteroatoms. The zero-order chi connectivity index (χ0) is 13.9. The van der Waals surface area contributed by atoms with Crippen LogP contribution in [-0.2, 0) is 0 Å². The van der Waals surface area contributed by atoms with Gasteiger partial charge in [0.2, 0.25) is 5.95 Å². The molecule has 3 aromatic rings. The van der Waals surface area contributed by atoms with Gasteiger partial charge in [-0.05, 0) is 52.7 Å². The molecule has 100 valence electrons. The lowest BCUT2D eigenvalue weighted by molar-refractivity contribution is 1.17. The molecule has 0 fully saturated rings. The highest BCUT2D eigenvalue weighted by molar-refractivity contribution is 9.10. The fourth-order valence-corrected chi connectivity index (χ4v) is 3.25. The van der Waals surface area contributed by atoms with Crippen molar-refractivity contribution in [2.24, 2.45) is 0 Å². The van der Waals surface area contributed by atoms with Crippen LogP contribution in [0.1, 0.15) is 5.56 Å². The molecular weight excluding hydrogens is 334 g/mol. The van der Waals surface area contributed by atoms with Gasteiger partial charge in [0, 0.05) is 21.7 Å². The Labute approximate surface area is 129 Å². The fraction of sp³-hybridized carbons (Fsp3) is 0.0667. The second-order valence-electron chi connectivity index (χ2n) is 4.39. The van der Waals surface area contributed by atoms with Crippen LogP contribution < -0.4 is 5.32 Å². The van der Waals surface area contributed by atoms with E-state index in [1.165, 1.54) is 5.56 Å². The minimum absolute atomic E-state index is 0.609. The maximum absolute atomic E-state index is 4.55. The van der Waals surface area contributed by atoms with E-state index in [0.717, 1.165) is 20.7 Å². The van der Waals surface area contributed by atoms with Gasteiger partial charge in [-0.15, -0.1) is 11.3 Å². The van der Waals surface area contributed by atoms with Gasteiger partial charge in [0.05, 0.1) is 10.6 Å². The topological polar surface area (TPSA) is 37.8 Å². The van der Waals surface area contributed by atoms with Gasteiger partial charge in [-0.1, -0.05) is 12.1 Å². The number of rotatable bonds is 3. The van der Waals surface area contributed by atoms with E-state index < -0.39 is 0 Å². The van der Waals surface area contributed by atoms with E-state index in [2.05, 4.69) is 56.3 Å². The minimum Gasteiger partial charge on any atom is -0.324 e. The smallest absolute Gasteiger partial charge is 0.227 e. The van der Waals surface area contributed by atoms with Crippen LogP contribution in [-0.4, -0.2) is 9.97 Å². The second-order valence-corrected chi connectivity index (χ2v) is 6.22. The number of nitrogens with one attached hydrogen (secondary N) is 1. The molecule has 0 amide bonds. The van der Waals surface area contributed by atoms with Crippen molar-refractivity contribution >= 4 is 38.9 Å². The number of anilines is 2. The Kier molecular flexibility index (Phi) is 3.80. The van der Waals surface area contributed by atoms with Crippen molar-refractivity contribution in [2.45, 2.75) is 6.92 Å². The summed E-state index contributed by atoms with van der Waals surface area (Å²) in [5.74, 6) is 0.609. The highest BCUT2D eigenvalue weighted by atomic mass is 79.9. The molecular formula is C15H12BrN3S. The number of halogens is 1. The third-order valence-corrected chi connectivity index (χ3v) is 4.46. The molecule has 0 unspecified atom stereocenters. The van der Waals surface area contributed by atoms with Crippen molar-refractivity contribution in [3.05, 3.63) is 58.0 Å². The standard InChI is InChI=1S/C15H12BrN3S/c1-10-3-2-4-12(7-10)18-15-17-6-5-13(19-15)14-8-11(16)9-20-14/h2-9H,1H3,(H,17,18,19). The zero-order valence-corrected chi connectivity index (χ0v) is 13.2. The lowest BCUT2D eigenvalue weighted by atomic mass is 10.2. The number of hydrogen-bond donors (Lipinski definition) is 1. The Balaban J connectivity index is 1.88. The van der Waals surface area contributed by atoms with E-state index in [9.17, 15) is 0 Å². The summed E-state index contributed by atoms with van der Waals surface area (Å²) in [5.41, 5.74) is 3.12. The predicted octanol–water partition coefficient (Wildman–Crippen LogP) is 5.02. The minimum atomic E-state index is 0.609. The Morgan fingerprint density at radius 3 is 2.85 bits per heavy atom. The Morgan fingerprint density at radius 2 is 2.10 bits per heavy atom. The van der Waals surface area contributed by atoms with Crippen molar-refractivity contribution in [2.75, 3.05) is 5.32 Å². The van der Waals surface area contributed by atoms with E-state index in [1.54, 1.807) is 17.5 Å². The van der Waals surface area contributed by atoms with Gasteiger partial charge in [-0.2, -0.15) is 0 Å². The van der Waals surface area contributed by atoms with Crippen LogP contribution in [0.15, 0.2) is 52.4 Å². The number of thiophene rings is 1. The van der Waals surface area contributed by atoms with Crippen LogP contribution in [0.25, 0.3) is 10.6 Å². The Morgan fingerprint density at radius 1 is 1.20 bits per heavy atom. The average Bonchev–Trinajstić information content (AvgIpc) is 2.86. The predicted molar refractivity (Wildman–Crippen MR) is 87.5 cm³/mol. The highest BCUT2D eigenvalue weighted by Gasteiger charge is 2.05. The molecule has 0 aliphatic carbocycles. The van der Waals surface area contributed by atoms with Crippen molar-refractivity contribution in [3.63, 3.8) is 0 Å². The first kappa shape index (κ1) is 13.3. The van der Waals surface area contributed by atoms with Crippen LogP contribution >= 0.6 is 27.3 Å². The largest absolute Gasteiger partial charge is 0.324 e. The lowest BCUT2D eigenvalue weighted by Crippen LogP contribution is -1.97. The summed E-state index contributed by atoms with van der Waals surface area (Å²) < 4.78 is 1.07. The summed E-state index contributed by atoms with van der Waals surface area (Å²) in [4.78, 5) is 9.93. The normalized spacial score (nSPS) is 10.5. The molecule has 0 bridgehead atoms. The molecule has 3 rings (SSSR count). The first-order valence-electron chi connectivity index (χ1n) is 6.12. The fourth-order valence-electron chi connectivity index (χ4n) is 1.86. The van der Waals surface area contributed by atoms with Crippen LogP contribution in [0.2, 0.25) is 0 Å². The van der Waals surface area contributed by atoms with Gasteiger partial charge < -0.3 is 5.32 Å². The van der Waals surface area contributed by atoms with E-state index in [1.807, 2.05) is 23.6 Å². The van der Waals surface area contributed by atoms with Crippen LogP contribution in [0, 0.1) is 6.92 Å². The van der Waals surface area contributed by atoms with Crippen LogP contribution in [0.5, 0.6) is 0 Å². The summed E-state index contributed by atoms with van der Waals surface area (Å²) in [6.45, 7) is 2.06. The number of nitrogens with zero attached hydrogens (tertiary/aromatic N) is 2. The van der Waals surface area contributed by atoms with Crippen molar-refractivity contribution in [3.8, 4) is 10.6 Å². The molecule has 0 saturated carbocycles. The quantitative estimate of drug-likeness (QED) is 0.724. The van der Waals surface area contributed by atoms with Gasteiger partial charge in [0.15, 0.2) is 0 Å². The molecule has 3 nitrogen and oxygen atoms in total. The number of hydrogen-bond acceptors (Lipinski definition) is 4. The molecule has 2 heterocycles. The van der Waals surface area contributed by atoms with E-state index in [4.69, 9.17) is 0 Å². The van der Waals surface area contributed by atoms with Gasteiger partial charge >= 0.3 is 0 Å².